The second kappa shape index (κ2) is 7.40. The fourth-order valence-corrected chi connectivity index (χ4v) is 3.52. The van der Waals surface area contributed by atoms with Gasteiger partial charge >= 0.3 is 0 Å². The molecule has 2 atom stereocenters. The zero-order valence-electron chi connectivity index (χ0n) is 12.7. The molecule has 1 amide bonds. The highest BCUT2D eigenvalue weighted by molar-refractivity contribution is 7.16. The van der Waals surface area contributed by atoms with E-state index in [1.54, 1.807) is 17.4 Å². The van der Waals surface area contributed by atoms with Crippen LogP contribution in [-0.4, -0.2) is 23.7 Å². The molecule has 1 aromatic carbocycles. The average molecular weight is 325 g/mol. The van der Waals surface area contributed by atoms with Gasteiger partial charge in [-0.05, 0) is 30.2 Å². The largest absolute Gasteiger partial charge is 0.396 e. The molecule has 1 aliphatic rings. The highest BCUT2D eigenvalue weighted by atomic mass is 32.1. The maximum Gasteiger partial charge on any atom is 0.244 e. The van der Waals surface area contributed by atoms with Crippen LogP contribution in [0.15, 0.2) is 60.7 Å². The van der Waals surface area contributed by atoms with E-state index in [1.807, 2.05) is 42.5 Å². The molecular formula is C19H19NO2S. The Morgan fingerprint density at radius 1 is 1.22 bits per heavy atom. The summed E-state index contributed by atoms with van der Waals surface area (Å²) in [5.41, 5.74) is 1.19. The number of nitrogens with one attached hydrogen (secondary N) is 1. The molecule has 1 heterocycles. The van der Waals surface area contributed by atoms with Crippen LogP contribution in [0.1, 0.15) is 11.3 Å². The summed E-state index contributed by atoms with van der Waals surface area (Å²) in [4.78, 5) is 14.2. The first-order valence-electron chi connectivity index (χ1n) is 7.67. The Balaban J connectivity index is 1.57. The maximum absolute atomic E-state index is 12.0. The summed E-state index contributed by atoms with van der Waals surface area (Å²) in [7, 11) is 0. The first-order chi connectivity index (χ1) is 11.2. The smallest absolute Gasteiger partial charge is 0.244 e. The van der Waals surface area contributed by atoms with Gasteiger partial charge in [-0.3, -0.25) is 4.79 Å². The quantitative estimate of drug-likeness (QED) is 0.653. The molecule has 4 heteroatoms. The number of thiophene rings is 1. The van der Waals surface area contributed by atoms with Gasteiger partial charge in [0.2, 0.25) is 5.91 Å². The van der Waals surface area contributed by atoms with E-state index in [-0.39, 0.29) is 24.5 Å². The number of rotatable bonds is 5. The van der Waals surface area contributed by atoms with Crippen molar-refractivity contribution >= 4 is 23.3 Å². The average Bonchev–Trinajstić information content (AvgIpc) is 3.23. The predicted octanol–water partition coefficient (Wildman–Crippen LogP) is 3.48. The molecule has 0 aliphatic heterocycles. The van der Waals surface area contributed by atoms with E-state index >= 15 is 0 Å². The van der Waals surface area contributed by atoms with E-state index in [1.165, 1.54) is 10.4 Å². The number of hydrogen-bond acceptors (Lipinski definition) is 3. The Kier molecular flexibility index (Phi) is 5.05. The Bertz CT molecular complexity index is 718. The molecule has 3 rings (SSSR count). The van der Waals surface area contributed by atoms with Crippen molar-refractivity contribution in [1.82, 2.24) is 5.32 Å². The van der Waals surface area contributed by atoms with Gasteiger partial charge < -0.3 is 10.4 Å². The van der Waals surface area contributed by atoms with E-state index < -0.39 is 0 Å². The van der Waals surface area contributed by atoms with Gasteiger partial charge in [-0.2, -0.15) is 0 Å². The summed E-state index contributed by atoms with van der Waals surface area (Å²) in [6.07, 6.45) is 8.09. The molecule has 23 heavy (non-hydrogen) atoms. The number of aliphatic hydroxyl groups excluding tert-OH is 1. The number of aliphatic hydroxyl groups is 1. The van der Waals surface area contributed by atoms with E-state index in [0.717, 1.165) is 11.3 Å². The molecule has 0 radical (unpaired) electrons. The number of amides is 1. The lowest BCUT2D eigenvalue weighted by Gasteiger charge is -2.10. The van der Waals surface area contributed by atoms with Gasteiger partial charge in [0.1, 0.15) is 0 Å². The summed E-state index contributed by atoms with van der Waals surface area (Å²) < 4.78 is 0. The highest BCUT2D eigenvalue weighted by Gasteiger charge is 2.18. The normalized spacial score (nSPS) is 20.2. The molecule has 2 N–H and O–H groups in total. The summed E-state index contributed by atoms with van der Waals surface area (Å²) in [6, 6.07) is 14.3. The van der Waals surface area contributed by atoms with Gasteiger partial charge in [0, 0.05) is 34.4 Å². The van der Waals surface area contributed by atoms with Crippen molar-refractivity contribution in [3.63, 3.8) is 0 Å². The second-order valence-electron chi connectivity index (χ2n) is 5.58. The van der Waals surface area contributed by atoms with Gasteiger partial charge in [0.15, 0.2) is 0 Å². The molecular weight excluding hydrogens is 306 g/mol. The molecule has 0 unspecified atom stereocenters. The fraction of sp³-hybridized carbons (Fsp3) is 0.211. The van der Waals surface area contributed by atoms with Crippen molar-refractivity contribution in [3.8, 4) is 10.4 Å². The summed E-state index contributed by atoms with van der Waals surface area (Å²) >= 11 is 1.66. The molecule has 2 aromatic rings. The van der Waals surface area contributed by atoms with Crippen LogP contribution < -0.4 is 5.32 Å². The van der Waals surface area contributed by atoms with E-state index in [9.17, 15) is 4.79 Å². The van der Waals surface area contributed by atoms with Gasteiger partial charge in [-0.1, -0.05) is 42.5 Å². The molecule has 3 nitrogen and oxygen atoms in total. The fourth-order valence-electron chi connectivity index (χ4n) is 2.61. The minimum Gasteiger partial charge on any atom is -0.396 e. The topological polar surface area (TPSA) is 49.3 Å². The Labute approximate surface area is 140 Å². The van der Waals surface area contributed by atoms with Gasteiger partial charge in [0.25, 0.3) is 0 Å². The molecule has 118 valence electrons. The lowest BCUT2D eigenvalue weighted by Crippen LogP contribution is -2.31. The van der Waals surface area contributed by atoms with Crippen molar-refractivity contribution in [1.29, 1.82) is 0 Å². The van der Waals surface area contributed by atoms with Crippen LogP contribution in [-0.2, 0) is 4.79 Å². The van der Waals surface area contributed by atoms with Crippen LogP contribution in [0, 0.1) is 5.92 Å². The van der Waals surface area contributed by atoms with E-state index in [2.05, 4.69) is 23.5 Å². The van der Waals surface area contributed by atoms with Crippen LogP contribution in [0.2, 0.25) is 0 Å². The molecule has 0 fully saturated rings. The van der Waals surface area contributed by atoms with Crippen LogP contribution in [0.4, 0.5) is 0 Å². The molecule has 0 bridgehead atoms. The molecule has 0 spiro atoms. The summed E-state index contributed by atoms with van der Waals surface area (Å²) in [5, 5.41) is 12.0. The van der Waals surface area contributed by atoms with Gasteiger partial charge in [-0.25, -0.2) is 0 Å². The lowest BCUT2D eigenvalue weighted by molar-refractivity contribution is -0.116. The molecule has 0 saturated heterocycles. The minimum absolute atomic E-state index is 0.0208. The first kappa shape index (κ1) is 15.7. The predicted molar refractivity (Wildman–Crippen MR) is 95.1 cm³/mol. The standard InChI is InChI=1S/C19H19NO2S/c21-13-14-6-7-16(12-14)20-19(22)11-9-17-8-10-18(23-17)15-4-2-1-3-5-15/h1-11,14,16,21H,12-13H2,(H,20,22)/b11-9+/t14-,16+/m0/s1. The first-order valence-corrected chi connectivity index (χ1v) is 8.49. The van der Waals surface area contributed by atoms with E-state index in [4.69, 9.17) is 5.11 Å². The highest BCUT2D eigenvalue weighted by Crippen LogP contribution is 2.28. The van der Waals surface area contributed by atoms with Crippen LogP contribution >= 0.6 is 11.3 Å². The third-order valence-corrected chi connectivity index (χ3v) is 4.92. The van der Waals surface area contributed by atoms with Crippen molar-refractivity contribution in [3.05, 3.63) is 65.6 Å². The van der Waals surface area contributed by atoms with Gasteiger partial charge in [-0.15, -0.1) is 11.3 Å². The van der Waals surface area contributed by atoms with Crippen LogP contribution in [0.5, 0.6) is 0 Å². The maximum atomic E-state index is 12.0. The minimum atomic E-state index is -0.104. The molecule has 1 aliphatic carbocycles. The van der Waals surface area contributed by atoms with Crippen LogP contribution in [0.25, 0.3) is 16.5 Å². The van der Waals surface area contributed by atoms with E-state index in [0.29, 0.717) is 0 Å². The Morgan fingerprint density at radius 3 is 2.78 bits per heavy atom. The van der Waals surface area contributed by atoms with Crippen molar-refractivity contribution < 1.29 is 9.90 Å². The number of benzene rings is 1. The van der Waals surface area contributed by atoms with Gasteiger partial charge in [0.05, 0.1) is 0 Å². The van der Waals surface area contributed by atoms with Crippen LogP contribution in [0.3, 0.4) is 0 Å². The molecule has 1 aromatic heterocycles. The SMILES string of the molecule is O=C(/C=C/c1ccc(-c2ccccc2)s1)N[C@@H]1C=C[C@H](CO)C1. The zero-order valence-corrected chi connectivity index (χ0v) is 13.5. The third-order valence-electron chi connectivity index (χ3n) is 3.82. The number of carbonyl (C=O) groups excluding carboxylic acids is 1. The molecule has 0 saturated carbocycles. The second-order valence-corrected chi connectivity index (χ2v) is 6.70. The monoisotopic (exact) mass is 325 g/mol. The van der Waals surface area contributed by atoms with Crippen molar-refractivity contribution in [2.24, 2.45) is 5.92 Å². The number of hydrogen-bond donors (Lipinski definition) is 2. The zero-order chi connectivity index (χ0) is 16.1. The summed E-state index contributed by atoms with van der Waals surface area (Å²) in [6.45, 7) is 0.135. The lowest BCUT2D eigenvalue weighted by atomic mass is 10.1. The summed E-state index contributed by atoms with van der Waals surface area (Å²) in [5.74, 6) is 0.0582. The van der Waals surface area contributed by atoms with Crippen molar-refractivity contribution in [2.75, 3.05) is 6.61 Å². The number of carbonyl (C=O) groups is 1. The Morgan fingerprint density at radius 2 is 2.04 bits per heavy atom. The van der Waals surface area contributed by atoms with Crippen molar-refractivity contribution in [2.45, 2.75) is 12.5 Å². The Hall–Kier alpha value is -2.17. The third kappa shape index (κ3) is 4.18.